The summed E-state index contributed by atoms with van der Waals surface area (Å²) < 4.78 is 2.90. The molecule has 0 spiro atoms. The first-order valence-electron chi connectivity index (χ1n) is 6.38. The molecule has 0 bridgehead atoms. The van der Waals surface area contributed by atoms with Crippen LogP contribution < -0.4 is 11.1 Å². The average Bonchev–Trinajstić information content (AvgIpc) is 2.77. The normalized spacial score (nSPS) is 12.4. The predicted molar refractivity (Wildman–Crippen MR) is 82.1 cm³/mol. The van der Waals surface area contributed by atoms with Crippen LogP contribution in [0.25, 0.3) is 0 Å². The molecule has 1 unspecified atom stereocenters. The Hall–Kier alpha value is -1.33. The molecular weight excluding hydrogens is 304 g/mol. The Morgan fingerprint density at radius 3 is 2.89 bits per heavy atom. The second-order valence-electron chi connectivity index (χ2n) is 4.50. The molecule has 0 aliphatic heterocycles. The third-order valence-electron chi connectivity index (χ3n) is 3.05. The predicted octanol–water partition coefficient (Wildman–Crippen LogP) is 2.86. The van der Waals surface area contributed by atoms with E-state index in [0.717, 1.165) is 22.3 Å². The van der Waals surface area contributed by atoms with Crippen LogP contribution in [0.4, 0.5) is 5.69 Å². The first-order valence-corrected chi connectivity index (χ1v) is 7.18. The van der Waals surface area contributed by atoms with Crippen molar-refractivity contribution in [2.75, 3.05) is 11.9 Å². The molecule has 0 amide bonds. The minimum atomic E-state index is 0.0814. The van der Waals surface area contributed by atoms with Crippen molar-refractivity contribution >= 4 is 21.6 Å². The Bertz CT molecular complexity index is 550. The van der Waals surface area contributed by atoms with E-state index in [2.05, 4.69) is 33.3 Å². The molecule has 0 aliphatic rings. The molecule has 0 saturated carbocycles. The molecule has 102 valence electrons. The maximum atomic E-state index is 5.91. The number of hydrogen-bond acceptors (Lipinski definition) is 3. The van der Waals surface area contributed by atoms with Gasteiger partial charge in [-0.3, -0.25) is 4.68 Å². The minimum Gasteiger partial charge on any atom is -0.377 e. The zero-order valence-corrected chi connectivity index (χ0v) is 12.8. The van der Waals surface area contributed by atoms with E-state index in [-0.39, 0.29) is 6.04 Å². The molecule has 0 saturated heterocycles. The van der Waals surface area contributed by atoms with Gasteiger partial charge in [0.2, 0.25) is 0 Å². The van der Waals surface area contributed by atoms with Gasteiger partial charge in [0.1, 0.15) is 0 Å². The summed E-state index contributed by atoms with van der Waals surface area (Å²) in [7, 11) is 1.94. The Balaban J connectivity index is 2.24. The van der Waals surface area contributed by atoms with Gasteiger partial charge in [-0.2, -0.15) is 5.10 Å². The lowest BCUT2D eigenvalue weighted by Gasteiger charge is -2.18. The Kier molecular flexibility index (Phi) is 4.61. The minimum absolute atomic E-state index is 0.0814. The van der Waals surface area contributed by atoms with Gasteiger partial charge in [-0.1, -0.05) is 28.9 Å². The SMILES string of the molecule is CCc1nn(C)cc1C(CN)Nc1cccc(Br)c1. The van der Waals surface area contributed by atoms with Crippen molar-refractivity contribution in [3.05, 3.63) is 46.2 Å². The summed E-state index contributed by atoms with van der Waals surface area (Å²) in [6, 6.07) is 8.17. The summed E-state index contributed by atoms with van der Waals surface area (Å²) >= 11 is 3.47. The van der Waals surface area contributed by atoms with Gasteiger partial charge < -0.3 is 11.1 Å². The van der Waals surface area contributed by atoms with Crippen LogP contribution in [-0.4, -0.2) is 16.3 Å². The highest BCUT2D eigenvalue weighted by Crippen LogP contribution is 2.23. The van der Waals surface area contributed by atoms with Gasteiger partial charge in [0.25, 0.3) is 0 Å². The summed E-state index contributed by atoms with van der Waals surface area (Å²) in [5.74, 6) is 0. The molecule has 19 heavy (non-hydrogen) atoms. The molecule has 2 aromatic rings. The molecule has 5 heteroatoms. The van der Waals surface area contributed by atoms with E-state index >= 15 is 0 Å². The number of anilines is 1. The number of nitrogens with zero attached hydrogens (tertiary/aromatic N) is 2. The number of benzene rings is 1. The summed E-state index contributed by atoms with van der Waals surface area (Å²) in [4.78, 5) is 0. The van der Waals surface area contributed by atoms with Gasteiger partial charge in [0, 0.05) is 35.5 Å². The summed E-state index contributed by atoms with van der Waals surface area (Å²) in [5.41, 5.74) is 9.24. The lowest BCUT2D eigenvalue weighted by Crippen LogP contribution is -2.21. The Morgan fingerprint density at radius 1 is 1.47 bits per heavy atom. The number of hydrogen-bond donors (Lipinski definition) is 2. The van der Waals surface area contributed by atoms with Crippen molar-refractivity contribution in [3.63, 3.8) is 0 Å². The van der Waals surface area contributed by atoms with Crippen LogP contribution >= 0.6 is 15.9 Å². The number of nitrogens with two attached hydrogens (primary N) is 1. The monoisotopic (exact) mass is 322 g/mol. The highest BCUT2D eigenvalue weighted by molar-refractivity contribution is 9.10. The van der Waals surface area contributed by atoms with Gasteiger partial charge >= 0.3 is 0 Å². The fourth-order valence-electron chi connectivity index (χ4n) is 2.16. The van der Waals surface area contributed by atoms with Gasteiger partial charge in [-0.25, -0.2) is 0 Å². The van der Waals surface area contributed by atoms with E-state index in [1.54, 1.807) is 0 Å². The Labute approximate surface area is 122 Å². The van der Waals surface area contributed by atoms with Crippen LogP contribution in [0.5, 0.6) is 0 Å². The second kappa shape index (κ2) is 6.21. The van der Waals surface area contributed by atoms with Gasteiger partial charge in [0.05, 0.1) is 11.7 Å². The molecule has 1 heterocycles. The smallest absolute Gasteiger partial charge is 0.0674 e. The topological polar surface area (TPSA) is 55.9 Å². The second-order valence-corrected chi connectivity index (χ2v) is 5.42. The summed E-state index contributed by atoms with van der Waals surface area (Å²) in [6.45, 7) is 2.64. The zero-order chi connectivity index (χ0) is 13.8. The van der Waals surface area contributed by atoms with Crippen molar-refractivity contribution in [3.8, 4) is 0 Å². The van der Waals surface area contributed by atoms with Crippen molar-refractivity contribution in [1.29, 1.82) is 0 Å². The maximum Gasteiger partial charge on any atom is 0.0674 e. The molecule has 3 N–H and O–H groups in total. The number of nitrogens with one attached hydrogen (secondary N) is 1. The molecule has 4 nitrogen and oxygen atoms in total. The first kappa shape index (κ1) is 14.1. The molecule has 1 aromatic heterocycles. The largest absolute Gasteiger partial charge is 0.377 e. The average molecular weight is 323 g/mol. The zero-order valence-electron chi connectivity index (χ0n) is 11.2. The number of rotatable bonds is 5. The van der Waals surface area contributed by atoms with E-state index in [1.165, 1.54) is 5.56 Å². The fraction of sp³-hybridized carbons (Fsp3) is 0.357. The van der Waals surface area contributed by atoms with E-state index < -0.39 is 0 Å². The van der Waals surface area contributed by atoms with Crippen LogP contribution in [0.3, 0.4) is 0 Å². The Morgan fingerprint density at radius 2 is 2.26 bits per heavy atom. The summed E-state index contributed by atoms with van der Waals surface area (Å²) in [5, 5.41) is 7.93. The first-order chi connectivity index (χ1) is 9.13. The van der Waals surface area contributed by atoms with Crippen LogP contribution in [0.2, 0.25) is 0 Å². The number of aryl methyl sites for hydroxylation is 2. The molecular formula is C14H19BrN4. The number of halogens is 1. The molecule has 0 aliphatic carbocycles. The van der Waals surface area contributed by atoms with Crippen LogP contribution in [-0.2, 0) is 13.5 Å². The summed E-state index contributed by atoms with van der Waals surface area (Å²) in [6.07, 6.45) is 2.95. The van der Waals surface area contributed by atoms with E-state index in [4.69, 9.17) is 5.73 Å². The van der Waals surface area contributed by atoms with Gasteiger partial charge in [-0.15, -0.1) is 0 Å². The fourth-order valence-corrected chi connectivity index (χ4v) is 2.56. The van der Waals surface area contributed by atoms with Crippen LogP contribution in [0.15, 0.2) is 34.9 Å². The van der Waals surface area contributed by atoms with E-state index in [0.29, 0.717) is 6.54 Å². The molecule has 1 aromatic carbocycles. The van der Waals surface area contributed by atoms with Crippen molar-refractivity contribution in [2.24, 2.45) is 12.8 Å². The highest BCUT2D eigenvalue weighted by Gasteiger charge is 2.16. The third kappa shape index (κ3) is 3.36. The van der Waals surface area contributed by atoms with Crippen LogP contribution in [0.1, 0.15) is 24.2 Å². The lowest BCUT2D eigenvalue weighted by molar-refractivity contribution is 0.746. The molecule has 1 atom stereocenters. The molecule has 0 fully saturated rings. The van der Waals surface area contributed by atoms with Crippen molar-refractivity contribution in [1.82, 2.24) is 9.78 Å². The number of aromatic nitrogens is 2. The van der Waals surface area contributed by atoms with Gasteiger partial charge in [0.15, 0.2) is 0 Å². The highest BCUT2D eigenvalue weighted by atomic mass is 79.9. The van der Waals surface area contributed by atoms with E-state index in [9.17, 15) is 0 Å². The molecule has 0 radical (unpaired) electrons. The molecule has 2 rings (SSSR count). The third-order valence-corrected chi connectivity index (χ3v) is 3.54. The van der Waals surface area contributed by atoms with Crippen molar-refractivity contribution < 1.29 is 0 Å². The lowest BCUT2D eigenvalue weighted by atomic mass is 10.1. The van der Waals surface area contributed by atoms with E-state index in [1.807, 2.05) is 42.2 Å². The standard InChI is InChI=1S/C14H19BrN4/c1-3-13-12(9-19(2)18-13)14(8-16)17-11-6-4-5-10(15)7-11/h4-7,9,14,17H,3,8,16H2,1-2H3. The maximum absolute atomic E-state index is 5.91. The van der Waals surface area contributed by atoms with Crippen molar-refractivity contribution in [2.45, 2.75) is 19.4 Å². The van der Waals surface area contributed by atoms with Gasteiger partial charge in [-0.05, 0) is 24.6 Å². The van der Waals surface area contributed by atoms with Crippen LogP contribution in [0, 0.1) is 0 Å². The quantitative estimate of drug-likeness (QED) is 0.890.